The lowest BCUT2D eigenvalue weighted by Crippen LogP contribution is -2.49. The van der Waals surface area contributed by atoms with E-state index in [-0.39, 0.29) is 29.9 Å². The van der Waals surface area contributed by atoms with E-state index in [2.05, 4.69) is 53.2 Å². The van der Waals surface area contributed by atoms with Gasteiger partial charge in [-0.2, -0.15) is 0 Å². The molecule has 0 bridgehead atoms. The van der Waals surface area contributed by atoms with E-state index in [1.165, 1.54) is 18.5 Å². The lowest BCUT2D eigenvalue weighted by Gasteiger charge is -2.36. The molecule has 0 radical (unpaired) electrons. The Labute approximate surface area is 192 Å². The van der Waals surface area contributed by atoms with Crippen LogP contribution in [0.15, 0.2) is 35.3 Å². The van der Waals surface area contributed by atoms with Crippen LogP contribution in [0, 0.1) is 5.92 Å². The predicted molar refractivity (Wildman–Crippen MR) is 131 cm³/mol. The second-order valence-electron chi connectivity index (χ2n) is 7.88. The van der Waals surface area contributed by atoms with E-state index in [1.54, 1.807) is 0 Å². The molecule has 1 N–H and O–H groups in total. The van der Waals surface area contributed by atoms with E-state index in [1.807, 2.05) is 11.0 Å². The number of nitrogens with zero attached hydrogens (tertiary/aromatic N) is 4. The maximum atomic E-state index is 12.6. The first kappa shape index (κ1) is 23.8. The molecule has 2 aliphatic heterocycles. The van der Waals surface area contributed by atoms with E-state index in [0.29, 0.717) is 18.9 Å². The lowest BCUT2D eigenvalue weighted by molar-refractivity contribution is -0.131. The Morgan fingerprint density at radius 3 is 2.48 bits per heavy atom. The highest BCUT2D eigenvalue weighted by Crippen LogP contribution is 2.17. The molecule has 2 heterocycles. The molecule has 2 saturated heterocycles. The molecule has 1 aromatic carbocycles. The number of hydrogen-bond acceptors (Lipinski definition) is 3. The molecule has 1 unspecified atom stereocenters. The summed E-state index contributed by atoms with van der Waals surface area (Å²) in [6.45, 7) is 11.3. The minimum atomic E-state index is 0. The number of carbonyl (C=O) groups excluding carboxylic acids is 1. The van der Waals surface area contributed by atoms with Crippen molar-refractivity contribution in [1.29, 1.82) is 0 Å². The Bertz CT molecular complexity index is 646. The van der Waals surface area contributed by atoms with Crippen molar-refractivity contribution in [2.24, 2.45) is 10.9 Å². The normalized spacial score (nSPS) is 20.3. The van der Waals surface area contributed by atoms with Gasteiger partial charge in [0.05, 0.1) is 6.54 Å². The van der Waals surface area contributed by atoms with Crippen LogP contribution in [0.5, 0.6) is 0 Å². The Morgan fingerprint density at radius 1 is 1.10 bits per heavy atom. The quantitative estimate of drug-likeness (QED) is 0.374. The summed E-state index contributed by atoms with van der Waals surface area (Å²) in [7, 11) is 0. The Balaban J connectivity index is 0.00000300. The van der Waals surface area contributed by atoms with Gasteiger partial charge >= 0.3 is 0 Å². The summed E-state index contributed by atoms with van der Waals surface area (Å²) in [6, 6.07) is 10.4. The number of hydrogen-bond donors (Lipinski definition) is 1. The number of piperazine rings is 1. The molecular weight excluding hydrogens is 477 g/mol. The summed E-state index contributed by atoms with van der Waals surface area (Å²) < 4.78 is 0. The molecule has 0 spiro atoms. The molecule has 0 aromatic heterocycles. The summed E-state index contributed by atoms with van der Waals surface area (Å²) in [6.07, 6.45) is 3.00. The van der Waals surface area contributed by atoms with Gasteiger partial charge < -0.3 is 20.0 Å². The van der Waals surface area contributed by atoms with Crippen molar-refractivity contribution >= 4 is 41.5 Å². The van der Waals surface area contributed by atoms with Crippen molar-refractivity contribution in [1.82, 2.24) is 15.1 Å². The first-order valence-electron chi connectivity index (χ1n) is 10.8. The van der Waals surface area contributed by atoms with Gasteiger partial charge in [0.25, 0.3) is 0 Å². The van der Waals surface area contributed by atoms with Gasteiger partial charge in [0.15, 0.2) is 5.96 Å². The highest BCUT2D eigenvalue weighted by molar-refractivity contribution is 14.0. The van der Waals surface area contributed by atoms with Crippen molar-refractivity contribution in [3.05, 3.63) is 30.3 Å². The molecule has 162 valence electrons. The fourth-order valence-corrected chi connectivity index (χ4v) is 4.08. The van der Waals surface area contributed by atoms with Crippen molar-refractivity contribution < 1.29 is 4.79 Å². The van der Waals surface area contributed by atoms with E-state index < -0.39 is 0 Å². The van der Waals surface area contributed by atoms with Crippen LogP contribution < -0.4 is 10.2 Å². The molecule has 6 nitrogen and oxygen atoms in total. The van der Waals surface area contributed by atoms with Gasteiger partial charge in [-0.3, -0.25) is 9.79 Å². The summed E-state index contributed by atoms with van der Waals surface area (Å²) in [4.78, 5) is 24.0. The van der Waals surface area contributed by atoms with Gasteiger partial charge in [-0.05, 0) is 37.8 Å². The fraction of sp³-hybridized carbons (Fsp3) is 0.636. The Kier molecular flexibility index (Phi) is 10.0. The molecule has 0 aliphatic carbocycles. The van der Waals surface area contributed by atoms with Gasteiger partial charge in [0.2, 0.25) is 5.91 Å². The van der Waals surface area contributed by atoms with Crippen molar-refractivity contribution in [3.8, 4) is 0 Å². The maximum absolute atomic E-state index is 12.6. The number of amides is 1. The molecule has 2 fully saturated rings. The second kappa shape index (κ2) is 12.2. The first-order valence-corrected chi connectivity index (χ1v) is 10.8. The number of piperidine rings is 1. The van der Waals surface area contributed by atoms with E-state index in [0.717, 1.165) is 51.8 Å². The maximum Gasteiger partial charge on any atom is 0.224 e. The number of aliphatic imine (C=N–C) groups is 1. The Morgan fingerprint density at radius 2 is 1.83 bits per heavy atom. The SMILES string of the molecule is CCNC(=NCCC(=O)N1CCN(c2ccccc2)CC1)N1CCCC(C)C1.I. The molecule has 2 aliphatic rings. The molecule has 3 rings (SSSR count). The number of nitrogens with one attached hydrogen (secondary N) is 1. The summed E-state index contributed by atoms with van der Waals surface area (Å²) in [5.41, 5.74) is 1.24. The monoisotopic (exact) mass is 513 g/mol. The highest BCUT2D eigenvalue weighted by atomic mass is 127. The number of likely N-dealkylation sites (tertiary alicyclic amines) is 1. The second-order valence-corrected chi connectivity index (χ2v) is 7.88. The van der Waals surface area contributed by atoms with Gasteiger partial charge in [0.1, 0.15) is 0 Å². The van der Waals surface area contributed by atoms with E-state index in [4.69, 9.17) is 4.99 Å². The van der Waals surface area contributed by atoms with Gasteiger partial charge in [-0.25, -0.2) is 0 Å². The molecule has 7 heteroatoms. The fourth-order valence-electron chi connectivity index (χ4n) is 4.08. The molecular formula is C22H36IN5O. The zero-order valence-electron chi connectivity index (χ0n) is 17.8. The lowest BCUT2D eigenvalue weighted by atomic mass is 10.0. The van der Waals surface area contributed by atoms with Crippen molar-refractivity contribution in [3.63, 3.8) is 0 Å². The third-order valence-electron chi connectivity index (χ3n) is 5.63. The van der Waals surface area contributed by atoms with Crippen LogP contribution in [-0.4, -0.2) is 74.0 Å². The summed E-state index contributed by atoms with van der Waals surface area (Å²) in [5, 5.41) is 3.39. The smallest absolute Gasteiger partial charge is 0.224 e. The van der Waals surface area contributed by atoms with Crippen LogP contribution in [0.25, 0.3) is 0 Å². The summed E-state index contributed by atoms with van der Waals surface area (Å²) in [5.74, 6) is 1.90. The average Bonchev–Trinajstić information content (AvgIpc) is 2.74. The molecule has 0 saturated carbocycles. The first-order chi connectivity index (χ1) is 13.7. The standard InChI is InChI=1S/C22H35N5O.HI/c1-3-23-22(27-13-7-8-19(2)18-27)24-12-11-21(28)26-16-14-25(15-17-26)20-9-5-4-6-10-20;/h4-6,9-10,19H,3,7-8,11-18H2,1-2H3,(H,23,24);1H. The minimum absolute atomic E-state index is 0. The molecule has 1 amide bonds. The number of guanidine groups is 1. The number of rotatable bonds is 5. The third kappa shape index (κ3) is 7.04. The molecule has 1 aromatic rings. The van der Waals surface area contributed by atoms with Gasteiger partial charge in [0, 0.05) is 57.9 Å². The van der Waals surface area contributed by atoms with Gasteiger partial charge in [-0.1, -0.05) is 25.1 Å². The minimum Gasteiger partial charge on any atom is -0.368 e. The van der Waals surface area contributed by atoms with Crippen LogP contribution in [0.2, 0.25) is 0 Å². The van der Waals surface area contributed by atoms with E-state index in [9.17, 15) is 4.79 Å². The van der Waals surface area contributed by atoms with E-state index >= 15 is 0 Å². The number of halogens is 1. The molecule has 29 heavy (non-hydrogen) atoms. The third-order valence-corrected chi connectivity index (χ3v) is 5.63. The predicted octanol–water partition coefficient (Wildman–Crippen LogP) is 3.04. The van der Waals surface area contributed by atoms with Gasteiger partial charge in [-0.15, -0.1) is 24.0 Å². The number of carbonyl (C=O) groups is 1. The van der Waals surface area contributed by atoms with Crippen LogP contribution in [0.4, 0.5) is 5.69 Å². The molecule has 1 atom stereocenters. The van der Waals surface area contributed by atoms with Crippen LogP contribution in [0.1, 0.15) is 33.1 Å². The zero-order chi connectivity index (χ0) is 19.8. The summed E-state index contributed by atoms with van der Waals surface area (Å²) >= 11 is 0. The zero-order valence-corrected chi connectivity index (χ0v) is 20.2. The van der Waals surface area contributed by atoms with Crippen LogP contribution in [0.3, 0.4) is 0 Å². The highest BCUT2D eigenvalue weighted by Gasteiger charge is 2.22. The van der Waals surface area contributed by atoms with Crippen LogP contribution >= 0.6 is 24.0 Å². The van der Waals surface area contributed by atoms with Crippen LogP contribution in [-0.2, 0) is 4.79 Å². The largest absolute Gasteiger partial charge is 0.368 e. The van der Waals surface area contributed by atoms with Crippen molar-refractivity contribution in [2.45, 2.75) is 33.1 Å². The number of para-hydroxylation sites is 1. The number of benzene rings is 1. The Hall–Kier alpha value is -1.51. The van der Waals surface area contributed by atoms with Crippen molar-refractivity contribution in [2.75, 3.05) is 57.3 Å². The topological polar surface area (TPSA) is 51.2 Å². The average molecular weight is 513 g/mol. The number of anilines is 1.